The van der Waals surface area contributed by atoms with Crippen LogP contribution in [0.5, 0.6) is 0 Å². The highest BCUT2D eigenvalue weighted by Gasteiger charge is 2.45. The number of nitrogens with one attached hydrogen (secondary N) is 1. The maximum atomic E-state index is 13.1. The summed E-state index contributed by atoms with van der Waals surface area (Å²) in [6.07, 6.45) is -3.05. The molecule has 2 saturated heterocycles. The lowest BCUT2D eigenvalue weighted by molar-refractivity contribution is -0.141. The van der Waals surface area contributed by atoms with Crippen LogP contribution in [0, 0.1) is 5.92 Å². The van der Waals surface area contributed by atoms with Gasteiger partial charge in [-0.05, 0) is 32.2 Å². The molecule has 1 amide bonds. The Kier molecular flexibility index (Phi) is 4.72. The maximum Gasteiger partial charge on any atom is 0.435 e. The van der Waals surface area contributed by atoms with Gasteiger partial charge < -0.3 is 4.90 Å². The molecule has 156 valence electrons. The van der Waals surface area contributed by atoms with Gasteiger partial charge in [-0.15, -0.1) is 0 Å². The standard InChI is InChI=1S/C17H23F3N4O3S/c1-23(11-4-5-28(26,27)9-11)8-14(25)24-6-10-2-3-12-15(13(10)7-24)21-22-16(12)17(18,19)20/h10-11,13H,2-9H2,1H3,(H,21,22)/t10-,11?,13+/m1/s1. The number of hydrogen-bond donors (Lipinski definition) is 1. The summed E-state index contributed by atoms with van der Waals surface area (Å²) < 4.78 is 62.6. The molecule has 7 nitrogen and oxygen atoms in total. The van der Waals surface area contributed by atoms with E-state index < -0.39 is 21.7 Å². The number of fused-ring (bicyclic) bond motifs is 3. The number of carbonyl (C=O) groups excluding carboxylic acids is 1. The molecular weight excluding hydrogens is 397 g/mol. The number of H-pyrrole nitrogens is 1. The first-order valence-corrected chi connectivity index (χ1v) is 11.2. The van der Waals surface area contributed by atoms with E-state index >= 15 is 0 Å². The number of nitrogens with zero attached hydrogens (tertiary/aromatic N) is 3. The van der Waals surface area contributed by atoms with Gasteiger partial charge in [-0.3, -0.25) is 14.8 Å². The molecule has 0 radical (unpaired) electrons. The zero-order valence-corrected chi connectivity index (χ0v) is 16.3. The molecule has 28 heavy (non-hydrogen) atoms. The number of amides is 1. The second-order valence-electron chi connectivity index (χ2n) is 8.14. The number of hydrogen-bond acceptors (Lipinski definition) is 5. The monoisotopic (exact) mass is 420 g/mol. The van der Waals surface area contributed by atoms with Crippen LogP contribution in [0.25, 0.3) is 0 Å². The van der Waals surface area contributed by atoms with E-state index in [1.54, 1.807) is 16.8 Å². The van der Waals surface area contributed by atoms with Gasteiger partial charge in [-0.2, -0.15) is 18.3 Å². The van der Waals surface area contributed by atoms with Gasteiger partial charge in [-0.1, -0.05) is 0 Å². The summed E-state index contributed by atoms with van der Waals surface area (Å²) in [5, 5.41) is 6.07. The van der Waals surface area contributed by atoms with E-state index in [0.717, 1.165) is 0 Å². The molecule has 2 aliphatic heterocycles. The second-order valence-corrected chi connectivity index (χ2v) is 10.4. The number of halogens is 3. The summed E-state index contributed by atoms with van der Waals surface area (Å²) in [6.45, 7) is 0.996. The Bertz CT molecular complexity index is 883. The molecule has 0 bridgehead atoms. The number of alkyl halides is 3. The van der Waals surface area contributed by atoms with Crippen molar-refractivity contribution in [3.63, 3.8) is 0 Å². The highest BCUT2D eigenvalue weighted by molar-refractivity contribution is 7.91. The highest BCUT2D eigenvalue weighted by atomic mass is 32.2. The van der Waals surface area contributed by atoms with E-state index in [2.05, 4.69) is 10.2 Å². The number of aromatic nitrogens is 2. The summed E-state index contributed by atoms with van der Waals surface area (Å²) in [7, 11) is -1.28. The number of likely N-dealkylation sites (N-methyl/N-ethyl adjacent to an activating group) is 1. The molecule has 1 aromatic rings. The first-order valence-electron chi connectivity index (χ1n) is 9.38. The fourth-order valence-electron chi connectivity index (χ4n) is 4.76. The fourth-order valence-corrected chi connectivity index (χ4v) is 6.57. The van der Waals surface area contributed by atoms with Crippen molar-refractivity contribution in [1.82, 2.24) is 20.0 Å². The van der Waals surface area contributed by atoms with E-state index in [1.807, 2.05) is 0 Å². The van der Waals surface area contributed by atoms with Gasteiger partial charge in [0.2, 0.25) is 5.91 Å². The zero-order chi connectivity index (χ0) is 20.3. The molecule has 1 unspecified atom stereocenters. The molecular formula is C17H23F3N4O3S. The molecule has 0 saturated carbocycles. The molecule has 0 spiro atoms. The van der Waals surface area contributed by atoms with Crippen LogP contribution in [0.1, 0.15) is 35.7 Å². The Labute approximate surface area is 161 Å². The van der Waals surface area contributed by atoms with Crippen LogP contribution in [0.15, 0.2) is 0 Å². The fraction of sp³-hybridized carbons (Fsp3) is 0.765. The first-order chi connectivity index (χ1) is 13.0. The van der Waals surface area contributed by atoms with Crippen LogP contribution in [0.3, 0.4) is 0 Å². The highest BCUT2D eigenvalue weighted by Crippen LogP contribution is 2.44. The van der Waals surface area contributed by atoms with E-state index in [9.17, 15) is 26.4 Å². The van der Waals surface area contributed by atoms with Crippen molar-refractivity contribution in [1.29, 1.82) is 0 Å². The van der Waals surface area contributed by atoms with Gasteiger partial charge in [0.25, 0.3) is 0 Å². The van der Waals surface area contributed by atoms with Crippen molar-refractivity contribution >= 4 is 15.7 Å². The lowest BCUT2D eigenvalue weighted by atomic mass is 9.80. The summed E-state index contributed by atoms with van der Waals surface area (Å²) in [5.74, 6) is 0.0652. The van der Waals surface area contributed by atoms with Gasteiger partial charge in [0.15, 0.2) is 15.5 Å². The third-order valence-electron chi connectivity index (χ3n) is 6.31. The van der Waals surface area contributed by atoms with Crippen LogP contribution in [-0.2, 0) is 27.2 Å². The Hall–Kier alpha value is -1.62. The molecule has 0 aromatic carbocycles. The van der Waals surface area contributed by atoms with Crippen LogP contribution in [0.4, 0.5) is 13.2 Å². The normalized spacial score (nSPS) is 29.2. The van der Waals surface area contributed by atoms with Crippen molar-refractivity contribution < 1.29 is 26.4 Å². The van der Waals surface area contributed by atoms with Crippen molar-refractivity contribution in [2.24, 2.45) is 5.92 Å². The predicted octanol–water partition coefficient (Wildman–Crippen LogP) is 1.04. The minimum atomic E-state index is -4.48. The minimum absolute atomic E-state index is 0.0692. The molecule has 1 aromatic heterocycles. The SMILES string of the molecule is CN(CC(=O)N1C[C@H]2CCc3c(C(F)(F)F)n[nH]c3[C@H]2C1)C1CCS(=O)(=O)C1. The number of rotatable bonds is 3. The number of sulfone groups is 1. The van der Waals surface area contributed by atoms with Crippen LogP contribution in [-0.4, -0.2) is 78.6 Å². The first kappa shape index (κ1) is 19.7. The Morgan fingerprint density at radius 2 is 2.07 bits per heavy atom. The summed E-state index contributed by atoms with van der Waals surface area (Å²) in [4.78, 5) is 16.2. The average molecular weight is 420 g/mol. The smallest absolute Gasteiger partial charge is 0.341 e. The molecule has 2 fully saturated rings. The van der Waals surface area contributed by atoms with Crippen molar-refractivity contribution in [3.8, 4) is 0 Å². The topological polar surface area (TPSA) is 86.4 Å². The number of carbonyl (C=O) groups is 1. The molecule has 3 heterocycles. The molecule has 3 atom stereocenters. The third-order valence-corrected chi connectivity index (χ3v) is 8.06. The Balaban J connectivity index is 1.42. The minimum Gasteiger partial charge on any atom is -0.341 e. The van der Waals surface area contributed by atoms with Gasteiger partial charge >= 0.3 is 6.18 Å². The summed E-state index contributed by atoms with van der Waals surface area (Å²) in [5.41, 5.74) is -0.0988. The van der Waals surface area contributed by atoms with Crippen LogP contribution < -0.4 is 0 Å². The lowest BCUT2D eigenvalue weighted by Gasteiger charge is -2.25. The van der Waals surface area contributed by atoms with Gasteiger partial charge in [0.05, 0.1) is 18.1 Å². The van der Waals surface area contributed by atoms with Crippen LogP contribution >= 0.6 is 0 Å². The Morgan fingerprint density at radius 3 is 2.71 bits per heavy atom. The van der Waals surface area contributed by atoms with E-state index in [0.29, 0.717) is 38.0 Å². The van der Waals surface area contributed by atoms with Crippen molar-refractivity contribution in [2.45, 2.75) is 37.4 Å². The Morgan fingerprint density at radius 1 is 1.32 bits per heavy atom. The predicted molar refractivity (Wildman–Crippen MR) is 94.4 cm³/mol. The zero-order valence-electron chi connectivity index (χ0n) is 15.5. The van der Waals surface area contributed by atoms with Crippen molar-refractivity contribution in [2.75, 3.05) is 38.2 Å². The average Bonchev–Trinajstić information content (AvgIpc) is 3.27. The van der Waals surface area contributed by atoms with Crippen LogP contribution in [0.2, 0.25) is 0 Å². The largest absolute Gasteiger partial charge is 0.435 e. The molecule has 1 N–H and O–H groups in total. The molecule has 3 aliphatic rings. The molecule has 4 rings (SSSR count). The number of likely N-dealkylation sites (tertiary alicyclic amines) is 1. The van der Waals surface area contributed by atoms with Gasteiger partial charge in [0.1, 0.15) is 0 Å². The van der Waals surface area contributed by atoms with Gasteiger partial charge in [-0.25, -0.2) is 8.42 Å². The molecule has 11 heteroatoms. The summed E-state index contributed by atoms with van der Waals surface area (Å²) in [6, 6.07) is -0.160. The van der Waals surface area contributed by atoms with Crippen molar-refractivity contribution in [3.05, 3.63) is 17.0 Å². The third kappa shape index (κ3) is 3.54. The van der Waals surface area contributed by atoms with E-state index in [1.165, 1.54) is 0 Å². The molecule has 1 aliphatic carbocycles. The quantitative estimate of drug-likeness (QED) is 0.790. The van der Waals surface area contributed by atoms with E-state index in [4.69, 9.17) is 0 Å². The maximum absolute atomic E-state index is 13.1. The summed E-state index contributed by atoms with van der Waals surface area (Å²) >= 11 is 0. The number of aromatic amines is 1. The van der Waals surface area contributed by atoms with E-state index in [-0.39, 0.29) is 47.4 Å². The lowest BCUT2D eigenvalue weighted by Crippen LogP contribution is -2.42. The second kappa shape index (κ2) is 6.72. The van der Waals surface area contributed by atoms with Gasteiger partial charge in [0, 0.05) is 36.3 Å².